The second kappa shape index (κ2) is 6.98. The van der Waals surface area contributed by atoms with E-state index in [1.54, 1.807) is 18.2 Å². The summed E-state index contributed by atoms with van der Waals surface area (Å²) in [6, 6.07) is 11.8. The van der Waals surface area contributed by atoms with Crippen LogP contribution in [0, 0.1) is 15.9 Å². The number of carbonyl (C=O) groups excluding carboxylic acids is 1. The number of nitrogens with one attached hydrogen (secondary N) is 1. The molecule has 1 amide bonds. The lowest BCUT2D eigenvalue weighted by Gasteiger charge is -2.26. The van der Waals surface area contributed by atoms with Crippen molar-refractivity contribution in [2.75, 3.05) is 13.6 Å². The highest BCUT2D eigenvalue weighted by molar-refractivity contribution is 5.98. The zero-order chi connectivity index (χ0) is 18.0. The van der Waals surface area contributed by atoms with E-state index >= 15 is 0 Å². The first kappa shape index (κ1) is 17.0. The van der Waals surface area contributed by atoms with Gasteiger partial charge in [-0.15, -0.1) is 0 Å². The van der Waals surface area contributed by atoms with Crippen molar-refractivity contribution in [3.63, 3.8) is 0 Å². The molecule has 0 aliphatic carbocycles. The number of amides is 1. The number of nitro benzene ring substituents is 1. The maximum atomic E-state index is 13.2. The Kier molecular flexibility index (Phi) is 4.76. The van der Waals surface area contributed by atoms with E-state index in [-0.39, 0.29) is 29.2 Å². The van der Waals surface area contributed by atoms with Gasteiger partial charge in [-0.25, -0.2) is 4.39 Å². The standard InChI is InChI=1S/C18H18FN3O3/c1-21-11-10-15(17(21)12-6-8-13(19)9-7-12)20-18(23)14-4-2-3-5-16(14)22(24)25/h2-9,15,17H,10-11H2,1H3,(H,20,23)/t15-,17-/m0/s1. The highest BCUT2D eigenvalue weighted by atomic mass is 19.1. The van der Waals surface area contributed by atoms with Gasteiger partial charge < -0.3 is 5.32 Å². The van der Waals surface area contributed by atoms with Crippen LogP contribution in [-0.4, -0.2) is 35.4 Å². The van der Waals surface area contributed by atoms with Crippen LogP contribution in [-0.2, 0) is 0 Å². The average Bonchev–Trinajstić information content (AvgIpc) is 2.96. The van der Waals surface area contributed by atoms with Gasteiger partial charge in [0.05, 0.1) is 17.0 Å². The highest BCUT2D eigenvalue weighted by Gasteiger charge is 2.35. The number of nitrogens with zero attached hydrogens (tertiary/aromatic N) is 2. The summed E-state index contributed by atoms with van der Waals surface area (Å²) in [6.07, 6.45) is 0.713. The molecular weight excluding hydrogens is 325 g/mol. The van der Waals surface area contributed by atoms with Gasteiger partial charge in [-0.3, -0.25) is 19.8 Å². The lowest BCUT2D eigenvalue weighted by molar-refractivity contribution is -0.385. The Bertz CT molecular complexity index is 794. The lowest BCUT2D eigenvalue weighted by atomic mass is 9.99. The number of benzene rings is 2. The van der Waals surface area contributed by atoms with Crippen molar-refractivity contribution in [1.82, 2.24) is 10.2 Å². The van der Waals surface area contributed by atoms with Crippen LogP contribution < -0.4 is 5.32 Å². The molecule has 1 aliphatic rings. The predicted octanol–water partition coefficient (Wildman–Crippen LogP) is 2.91. The summed E-state index contributed by atoms with van der Waals surface area (Å²) in [4.78, 5) is 25.2. The molecule has 0 aromatic heterocycles. The monoisotopic (exact) mass is 343 g/mol. The number of hydrogen-bond donors (Lipinski definition) is 1. The maximum Gasteiger partial charge on any atom is 0.282 e. The minimum absolute atomic E-state index is 0.0416. The quantitative estimate of drug-likeness (QED) is 0.684. The predicted molar refractivity (Wildman–Crippen MR) is 90.7 cm³/mol. The number of likely N-dealkylation sites (tertiary alicyclic amines) is 1. The Balaban J connectivity index is 1.83. The summed E-state index contributed by atoms with van der Waals surface area (Å²) in [5.41, 5.74) is 0.721. The molecule has 2 aromatic rings. The third-order valence-electron chi connectivity index (χ3n) is 4.52. The molecule has 0 saturated carbocycles. The fourth-order valence-corrected chi connectivity index (χ4v) is 3.32. The van der Waals surface area contributed by atoms with Gasteiger partial charge in [0.2, 0.25) is 0 Å². The molecule has 0 radical (unpaired) electrons. The highest BCUT2D eigenvalue weighted by Crippen LogP contribution is 2.31. The number of hydrogen-bond acceptors (Lipinski definition) is 4. The summed E-state index contributed by atoms with van der Waals surface area (Å²) in [5, 5.41) is 14.0. The lowest BCUT2D eigenvalue weighted by Crippen LogP contribution is -2.39. The maximum absolute atomic E-state index is 13.2. The molecule has 0 spiro atoms. The van der Waals surface area contributed by atoms with Gasteiger partial charge in [0.25, 0.3) is 11.6 Å². The molecule has 25 heavy (non-hydrogen) atoms. The summed E-state index contributed by atoms with van der Waals surface area (Å²) >= 11 is 0. The molecule has 1 aliphatic heterocycles. The summed E-state index contributed by atoms with van der Waals surface area (Å²) < 4.78 is 13.2. The van der Waals surface area contributed by atoms with Crippen LogP contribution in [0.15, 0.2) is 48.5 Å². The van der Waals surface area contributed by atoms with E-state index in [9.17, 15) is 19.3 Å². The number of halogens is 1. The van der Waals surface area contributed by atoms with E-state index in [0.717, 1.165) is 12.1 Å². The van der Waals surface area contributed by atoms with E-state index in [1.165, 1.54) is 30.3 Å². The van der Waals surface area contributed by atoms with E-state index in [4.69, 9.17) is 0 Å². The topological polar surface area (TPSA) is 75.5 Å². The van der Waals surface area contributed by atoms with Crippen molar-refractivity contribution in [2.24, 2.45) is 0 Å². The van der Waals surface area contributed by atoms with Gasteiger partial charge in [0.15, 0.2) is 0 Å². The molecule has 7 heteroatoms. The van der Waals surface area contributed by atoms with Crippen LogP contribution in [0.3, 0.4) is 0 Å². The molecule has 0 bridgehead atoms. The minimum atomic E-state index is -0.562. The molecule has 2 atom stereocenters. The van der Waals surface area contributed by atoms with Gasteiger partial charge in [0.1, 0.15) is 11.4 Å². The first-order valence-electron chi connectivity index (χ1n) is 7.97. The molecular formula is C18H18FN3O3. The van der Waals surface area contributed by atoms with Crippen molar-refractivity contribution >= 4 is 11.6 Å². The second-order valence-corrected chi connectivity index (χ2v) is 6.12. The largest absolute Gasteiger partial charge is 0.347 e. The number of likely N-dealkylation sites (N-methyl/N-ethyl adjacent to an activating group) is 1. The number of carbonyl (C=O) groups is 1. The van der Waals surface area contributed by atoms with Crippen LogP contribution in [0.2, 0.25) is 0 Å². The van der Waals surface area contributed by atoms with Gasteiger partial charge in [-0.2, -0.15) is 0 Å². The van der Waals surface area contributed by atoms with Crippen molar-refractivity contribution in [3.05, 3.63) is 75.6 Å². The molecule has 1 saturated heterocycles. The van der Waals surface area contributed by atoms with Crippen LogP contribution >= 0.6 is 0 Å². The van der Waals surface area contributed by atoms with E-state index < -0.39 is 10.8 Å². The second-order valence-electron chi connectivity index (χ2n) is 6.12. The molecule has 3 rings (SSSR count). The van der Waals surface area contributed by atoms with Crippen LogP contribution in [0.1, 0.15) is 28.4 Å². The Morgan fingerprint density at radius 1 is 1.24 bits per heavy atom. The van der Waals surface area contributed by atoms with Crippen LogP contribution in [0.4, 0.5) is 10.1 Å². The van der Waals surface area contributed by atoms with Crippen molar-refractivity contribution in [2.45, 2.75) is 18.5 Å². The zero-order valence-corrected chi connectivity index (χ0v) is 13.7. The van der Waals surface area contributed by atoms with Gasteiger partial charge in [0, 0.05) is 12.6 Å². The normalized spacial score (nSPS) is 20.4. The smallest absolute Gasteiger partial charge is 0.282 e. The number of para-hydroxylation sites is 1. The molecule has 2 aromatic carbocycles. The fourth-order valence-electron chi connectivity index (χ4n) is 3.32. The summed E-state index contributed by atoms with van der Waals surface area (Å²) in [5.74, 6) is -0.787. The number of rotatable bonds is 4. The van der Waals surface area contributed by atoms with Gasteiger partial charge in [-0.1, -0.05) is 24.3 Å². The molecule has 6 nitrogen and oxygen atoms in total. The zero-order valence-electron chi connectivity index (χ0n) is 13.7. The SMILES string of the molecule is CN1CC[C@H](NC(=O)c2ccccc2[N+](=O)[O-])[C@@H]1c1ccc(F)cc1. The Morgan fingerprint density at radius 3 is 2.60 bits per heavy atom. The summed E-state index contributed by atoms with van der Waals surface area (Å²) in [7, 11) is 1.94. The van der Waals surface area contributed by atoms with E-state index in [0.29, 0.717) is 6.42 Å². The van der Waals surface area contributed by atoms with Gasteiger partial charge in [-0.05, 0) is 37.2 Å². The molecule has 1 heterocycles. The van der Waals surface area contributed by atoms with Gasteiger partial charge >= 0.3 is 0 Å². The third-order valence-corrected chi connectivity index (χ3v) is 4.52. The molecule has 1 N–H and O–H groups in total. The van der Waals surface area contributed by atoms with Crippen LogP contribution in [0.5, 0.6) is 0 Å². The van der Waals surface area contributed by atoms with E-state index in [2.05, 4.69) is 10.2 Å². The van der Waals surface area contributed by atoms with E-state index in [1.807, 2.05) is 7.05 Å². The first-order chi connectivity index (χ1) is 12.0. The van der Waals surface area contributed by atoms with Crippen molar-refractivity contribution in [1.29, 1.82) is 0 Å². The average molecular weight is 343 g/mol. The Labute approximate surface area is 144 Å². The summed E-state index contributed by atoms with van der Waals surface area (Å²) in [6.45, 7) is 0.768. The van der Waals surface area contributed by atoms with Crippen molar-refractivity contribution < 1.29 is 14.1 Å². The van der Waals surface area contributed by atoms with Crippen molar-refractivity contribution in [3.8, 4) is 0 Å². The number of nitro groups is 1. The molecule has 130 valence electrons. The fraction of sp³-hybridized carbons (Fsp3) is 0.278. The minimum Gasteiger partial charge on any atom is -0.347 e. The van der Waals surface area contributed by atoms with Crippen LogP contribution in [0.25, 0.3) is 0 Å². The molecule has 1 fully saturated rings. The third kappa shape index (κ3) is 3.51. The molecule has 0 unspecified atom stereocenters. The first-order valence-corrected chi connectivity index (χ1v) is 7.97. The Morgan fingerprint density at radius 2 is 1.92 bits per heavy atom. The Hall–Kier alpha value is -2.80.